The quantitative estimate of drug-likeness (QED) is 0.750. The Kier molecular flexibility index (Phi) is 2.60. The summed E-state index contributed by atoms with van der Waals surface area (Å²) in [5, 5.41) is 11.1. The highest BCUT2D eigenvalue weighted by atomic mass is 15.2. The van der Waals surface area contributed by atoms with E-state index in [1.54, 1.807) is 18.7 Å². The molecule has 3 aromatic heterocycles. The maximum Gasteiger partial charge on any atom is 0.203 e. The number of nitrogens with zero attached hydrogens (tertiary/aromatic N) is 5. The molecule has 3 heterocycles. The highest BCUT2D eigenvalue weighted by Gasteiger charge is 2.05. The maximum atomic E-state index is 4.27. The SMILES string of the molecule is Cc1ccncc1CNc1nccn2cnnc12. The van der Waals surface area contributed by atoms with Crippen molar-refractivity contribution in [2.45, 2.75) is 13.5 Å². The van der Waals surface area contributed by atoms with Gasteiger partial charge in [0.1, 0.15) is 6.33 Å². The lowest BCUT2D eigenvalue weighted by molar-refractivity contribution is 1.04. The molecule has 18 heavy (non-hydrogen) atoms. The lowest BCUT2D eigenvalue weighted by Crippen LogP contribution is -2.05. The normalized spacial score (nSPS) is 10.7. The van der Waals surface area contributed by atoms with Gasteiger partial charge in [-0.3, -0.25) is 9.38 Å². The van der Waals surface area contributed by atoms with Crippen molar-refractivity contribution in [1.29, 1.82) is 0 Å². The number of hydrogen-bond donors (Lipinski definition) is 1. The molecule has 90 valence electrons. The van der Waals surface area contributed by atoms with E-state index < -0.39 is 0 Å². The fraction of sp³-hybridized carbons (Fsp3) is 0.167. The Labute approximate surface area is 104 Å². The van der Waals surface area contributed by atoms with Crippen LogP contribution in [0.3, 0.4) is 0 Å². The van der Waals surface area contributed by atoms with Crippen LogP contribution in [0.25, 0.3) is 5.65 Å². The second-order valence-corrected chi connectivity index (χ2v) is 3.99. The number of hydrogen-bond acceptors (Lipinski definition) is 5. The molecule has 6 nitrogen and oxygen atoms in total. The zero-order chi connectivity index (χ0) is 12.4. The van der Waals surface area contributed by atoms with Crippen LogP contribution in [-0.4, -0.2) is 24.6 Å². The molecule has 0 aliphatic rings. The minimum atomic E-state index is 0.666. The zero-order valence-electron chi connectivity index (χ0n) is 9.91. The van der Waals surface area contributed by atoms with E-state index in [-0.39, 0.29) is 0 Å². The molecule has 0 spiro atoms. The van der Waals surface area contributed by atoms with Gasteiger partial charge in [0.15, 0.2) is 5.82 Å². The van der Waals surface area contributed by atoms with Gasteiger partial charge in [-0.05, 0) is 24.1 Å². The molecule has 0 saturated heterocycles. The van der Waals surface area contributed by atoms with Gasteiger partial charge in [-0.1, -0.05) is 0 Å². The second-order valence-electron chi connectivity index (χ2n) is 3.99. The van der Waals surface area contributed by atoms with Gasteiger partial charge in [-0.2, -0.15) is 0 Å². The fourth-order valence-electron chi connectivity index (χ4n) is 1.74. The summed E-state index contributed by atoms with van der Waals surface area (Å²) in [5.74, 6) is 0.721. The first-order valence-corrected chi connectivity index (χ1v) is 5.62. The fourth-order valence-corrected chi connectivity index (χ4v) is 1.74. The van der Waals surface area contributed by atoms with Crippen LogP contribution in [0.1, 0.15) is 11.1 Å². The van der Waals surface area contributed by atoms with E-state index in [0.717, 1.165) is 17.0 Å². The summed E-state index contributed by atoms with van der Waals surface area (Å²) in [6, 6.07) is 1.99. The van der Waals surface area contributed by atoms with Gasteiger partial charge in [0, 0.05) is 31.3 Å². The lowest BCUT2D eigenvalue weighted by Gasteiger charge is -2.07. The van der Waals surface area contributed by atoms with Crippen molar-refractivity contribution in [3.8, 4) is 0 Å². The van der Waals surface area contributed by atoms with E-state index >= 15 is 0 Å². The minimum Gasteiger partial charge on any atom is -0.363 e. The first kappa shape index (κ1) is 10.6. The Hall–Kier alpha value is -2.50. The molecule has 3 aromatic rings. The molecule has 0 aliphatic heterocycles. The first-order chi connectivity index (χ1) is 8.84. The molecule has 0 atom stereocenters. The highest BCUT2D eigenvalue weighted by Crippen LogP contribution is 2.12. The molecule has 1 N–H and O–H groups in total. The van der Waals surface area contributed by atoms with Crippen molar-refractivity contribution in [3.63, 3.8) is 0 Å². The van der Waals surface area contributed by atoms with Crippen molar-refractivity contribution >= 4 is 11.5 Å². The Morgan fingerprint density at radius 1 is 1.33 bits per heavy atom. The topological polar surface area (TPSA) is 68.0 Å². The average Bonchev–Trinajstić information content (AvgIpc) is 2.86. The van der Waals surface area contributed by atoms with E-state index in [2.05, 4.69) is 32.4 Å². The highest BCUT2D eigenvalue weighted by molar-refractivity contribution is 5.61. The molecule has 6 heteroatoms. The van der Waals surface area contributed by atoms with E-state index in [1.807, 2.05) is 22.9 Å². The molecule has 0 unspecified atom stereocenters. The van der Waals surface area contributed by atoms with Crippen LogP contribution >= 0.6 is 0 Å². The van der Waals surface area contributed by atoms with Gasteiger partial charge in [-0.15, -0.1) is 10.2 Å². The van der Waals surface area contributed by atoms with Crippen molar-refractivity contribution in [2.75, 3.05) is 5.32 Å². The van der Waals surface area contributed by atoms with E-state index in [0.29, 0.717) is 6.54 Å². The second kappa shape index (κ2) is 4.40. The number of aryl methyl sites for hydroxylation is 1. The molecule has 0 bridgehead atoms. The molecular weight excluding hydrogens is 228 g/mol. The van der Waals surface area contributed by atoms with E-state index in [9.17, 15) is 0 Å². The van der Waals surface area contributed by atoms with Gasteiger partial charge in [0.25, 0.3) is 0 Å². The molecule has 0 amide bonds. The molecule has 0 aromatic carbocycles. The van der Waals surface area contributed by atoms with Crippen LogP contribution in [0.2, 0.25) is 0 Å². The van der Waals surface area contributed by atoms with Gasteiger partial charge in [-0.25, -0.2) is 4.98 Å². The third-order valence-corrected chi connectivity index (χ3v) is 2.81. The summed E-state index contributed by atoms with van der Waals surface area (Å²) in [5.41, 5.74) is 3.06. The van der Waals surface area contributed by atoms with Gasteiger partial charge in [0.05, 0.1) is 0 Å². The molecule has 3 rings (SSSR count). The summed E-state index contributed by atoms with van der Waals surface area (Å²) in [6.07, 6.45) is 8.82. The number of fused-ring (bicyclic) bond motifs is 1. The van der Waals surface area contributed by atoms with Crippen LogP contribution < -0.4 is 5.32 Å². The van der Waals surface area contributed by atoms with Crippen LogP contribution in [-0.2, 0) is 6.54 Å². The third-order valence-electron chi connectivity index (χ3n) is 2.81. The Morgan fingerprint density at radius 3 is 3.17 bits per heavy atom. The summed E-state index contributed by atoms with van der Waals surface area (Å²) in [6.45, 7) is 2.73. The minimum absolute atomic E-state index is 0.666. The average molecular weight is 240 g/mol. The number of nitrogens with one attached hydrogen (secondary N) is 1. The van der Waals surface area contributed by atoms with Crippen LogP contribution in [0.4, 0.5) is 5.82 Å². The van der Waals surface area contributed by atoms with Gasteiger partial charge in [0.2, 0.25) is 5.65 Å². The largest absolute Gasteiger partial charge is 0.363 e. The van der Waals surface area contributed by atoms with Crippen molar-refractivity contribution in [1.82, 2.24) is 24.6 Å². The number of anilines is 1. The zero-order valence-corrected chi connectivity index (χ0v) is 9.91. The predicted molar refractivity (Wildman–Crippen MR) is 67.1 cm³/mol. The standard InChI is InChI=1S/C12H12N6/c1-9-2-3-13-6-10(9)7-15-11-12-17-16-8-18(12)5-4-14-11/h2-6,8H,7H2,1H3,(H,14,15). The number of rotatable bonds is 3. The van der Waals surface area contributed by atoms with Crippen molar-refractivity contribution in [3.05, 3.63) is 48.3 Å². The van der Waals surface area contributed by atoms with Gasteiger partial charge < -0.3 is 5.32 Å². The van der Waals surface area contributed by atoms with Crippen LogP contribution in [0.15, 0.2) is 37.2 Å². The molecule has 0 radical (unpaired) electrons. The van der Waals surface area contributed by atoms with E-state index in [4.69, 9.17) is 0 Å². The predicted octanol–water partition coefficient (Wildman–Crippen LogP) is 1.44. The lowest BCUT2D eigenvalue weighted by atomic mass is 10.1. The monoisotopic (exact) mass is 240 g/mol. The number of aromatic nitrogens is 5. The molecule has 0 fully saturated rings. The Bertz CT molecular complexity index is 675. The van der Waals surface area contributed by atoms with Gasteiger partial charge >= 0.3 is 0 Å². The number of pyridine rings is 1. The molecule has 0 saturated carbocycles. The Morgan fingerprint density at radius 2 is 2.28 bits per heavy atom. The Balaban J connectivity index is 1.85. The smallest absolute Gasteiger partial charge is 0.203 e. The molecular formula is C12H12N6. The third kappa shape index (κ3) is 1.88. The van der Waals surface area contributed by atoms with Crippen molar-refractivity contribution in [2.24, 2.45) is 0 Å². The summed E-state index contributed by atoms with van der Waals surface area (Å²) < 4.78 is 1.82. The van der Waals surface area contributed by atoms with Crippen LogP contribution in [0.5, 0.6) is 0 Å². The maximum absolute atomic E-state index is 4.27. The van der Waals surface area contributed by atoms with E-state index in [1.165, 1.54) is 5.56 Å². The summed E-state index contributed by atoms with van der Waals surface area (Å²) in [4.78, 5) is 8.39. The van der Waals surface area contributed by atoms with Crippen molar-refractivity contribution < 1.29 is 0 Å². The molecule has 0 aliphatic carbocycles. The first-order valence-electron chi connectivity index (χ1n) is 5.62. The van der Waals surface area contributed by atoms with Crippen LogP contribution in [0, 0.1) is 6.92 Å². The summed E-state index contributed by atoms with van der Waals surface area (Å²) in [7, 11) is 0. The summed E-state index contributed by atoms with van der Waals surface area (Å²) >= 11 is 0.